The van der Waals surface area contributed by atoms with Crippen LogP contribution in [0.15, 0.2) is 36.4 Å². The van der Waals surface area contributed by atoms with Crippen molar-refractivity contribution in [3.63, 3.8) is 0 Å². The number of aromatic nitrogens is 1. The minimum Gasteiger partial charge on any atom is -0.476 e. The SMILES string of the molecule is CC(=O)NCCOc1cc(-c2ccccc2C)cc(N2CCC(N3CCOCC3)CC2)n1. The molecule has 2 aliphatic rings. The Kier molecular flexibility index (Phi) is 7.60. The van der Waals surface area contributed by atoms with E-state index in [1.807, 2.05) is 6.07 Å². The molecule has 1 N–H and O–H groups in total. The van der Waals surface area contributed by atoms with Gasteiger partial charge in [-0.2, -0.15) is 4.98 Å². The van der Waals surface area contributed by atoms with Crippen LogP contribution in [0.25, 0.3) is 11.1 Å². The first-order chi connectivity index (χ1) is 15.6. The van der Waals surface area contributed by atoms with Gasteiger partial charge in [0.1, 0.15) is 12.4 Å². The summed E-state index contributed by atoms with van der Waals surface area (Å²) in [4.78, 5) is 20.9. The van der Waals surface area contributed by atoms with Gasteiger partial charge in [0.25, 0.3) is 0 Å². The number of benzene rings is 1. The summed E-state index contributed by atoms with van der Waals surface area (Å²) in [7, 11) is 0. The molecule has 4 rings (SSSR count). The second kappa shape index (κ2) is 10.8. The predicted octanol–water partition coefficient (Wildman–Crippen LogP) is 2.87. The number of morpholine rings is 1. The van der Waals surface area contributed by atoms with Crippen LogP contribution >= 0.6 is 0 Å². The van der Waals surface area contributed by atoms with Gasteiger partial charge in [0, 0.05) is 45.2 Å². The number of hydrogen-bond donors (Lipinski definition) is 1. The van der Waals surface area contributed by atoms with Crippen molar-refractivity contribution in [3.05, 3.63) is 42.0 Å². The molecule has 1 amide bonds. The Labute approximate surface area is 190 Å². The normalized spacial score (nSPS) is 17.9. The van der Waals surface area contributed by atoms with Gasteiger partial charge in [-0.15, -0.1) is 0 Å². The Bertz CT molecular complexity index is 906. The third kappa shape index (κ3) is 5.78. The summed E-state index contributed by atoms with van der Waals surface area (Å²) in [6.45, 7) is 10.2. The lowest BCUT2D eigenvalue weighted by molar-refractivity contribution is -0.119. The number of carbonyl (C=O) groups is 1. The van der Waals surface area contributed by atoms with Crippen LogP contribution in [-0.2, 0) is 9.53 Å². The maximum atomic E-state index is 11.1. The monoisotopic (exact) mass is 438 g/mol. The summed E-state index contributed by atoms with van der Waals surface area (Å²) in [5.41, 5.74) is 3.52. The molecule has 7 nitrogen and oxygen atoms in total. The van der Waals surface area contributed by atoms with Crippen molar-refractivity contribution >= 4 is 11.7 Å². The molecule has 0 bridgehead atoms. The van der Waals surface area contributed by atoms with Gasteiger partial charge in [-0.05, 0) is 42.5 Å². The first kappa shape index (κ1) is 22.6. The molecule has 2 aromatic rings. The van der Waals surface area contributed by atoms with E-state index in [9.17, 15) is 4.79 Å². The van der Waals surface area contributed by atoms with Crippen molar-refractivity contribution in [3.8, 4) is 17.0 Å². The van der Waals surface area contributed by atoms with Crippen molar-refractivity contribution in [1.29, 1.82) is 0 Å². The van der Waals surface area contributed by atoms with E-state index in [4.69, 9.17) is 14.5 Å². The molecule has 3 heterocycles. The molecule has 0 radical (unpaired) electrons. The first-order valence-corrected chi connectivity index (χ1v) is 11.6. The zero-order chi connectivity index (χ0) is 22.3. The van der Waals surface area contributed by atoms with E-state index >= 15 is 0 Å². The lowest BCUT2D eigenvalue weighted by atomic mass is 10.00. The fourth-order valence-electron chi connectivity index (χ4n) is 4.56. The zero-order valence-electron chi connectivity index (χ0n) is 19.2. The lowest BCUT2D eigenvalue weighted by Gasteiger charge is -2.40. The summed E-state index contributed by atoms with van der Waals surface area (Å²) in [6.07, 6.45) is 2.27. The number of ether oxygens (including phenoxy) is 2. The first-order valence-electron chi connectivity index (χ1n) is 11.6. The van der Waals surface area contributed by atoms with Gasteiger partial charge in [-0.1, -0.05) is 24.3 Å². The molecule has 0 aliphatic carbocycles. The van der Waals surface area contributed by atoms with Crippen molar-refractivity contribution < 1.29 is 14.3 Å². The second-order valence-corrected chi connectivity index (χ2v) is 8.57. The van der Waals surface area contributed by atoms with Gasteiger partial charge in [0.05, 0.1) is 19.8 Å². The molecule has 0 saturated carbocycles. The predicted molar refractivity (Wildman–Crippen MR) is 126 cm³/mol. The number of nitrogens with zero attached hydrogens (tertiary/aromatic N) is 3. The van der Waals surface area contributed by atoms with Gasteiger partial charge in [-0.3, -0.25) is 9.69 Å². The molecule has 1 aromatic heterocycles. The molecule has 172 valence electrons. The van der Waals surface area contributed by atoms with Crippen LogP contribution in [0.5, 0.6) is 5.88 Å². The number of amides is 1. The van der Waals surface area contributed by atoms with Gasteiger partial charge in [-0.25, -0.2) is 0 Å². The number of carbonyl (C=O) groups excluding carboxylic acids is 1. The fraction of sp³-hybridized carbons (Fsp3) is 0.520. The van der Waals surface area contributed by atoms with Crippen LogP contribution < -0.4 is 15.0 Å². The quantitative estimate of drug-likeness (QED) is 0.671. The minimum absolute atomic E-state index is 0.0564. The number of piperidine rings is 1. The highest BCUT2D eigenvalue weighted by atomic mass is 16.5. The van der Waals surface area contributed by atoms with Crippen LogP contribution in [0.1, 0.15) is 25.3 Å². The van der Waals surface area contributed by atoms with Crippen LogP contribution in [0, 0.1) is 6.92 Å². The molecule has 0 atom stereocenters. The number of nitrogens with one attached hydrogen (secondary N) is 1. The number of pyridine rings is 1. The Hall–Kier alpha value is -2.64. The smallest absolute Gasteiger partial charge is 0.216 e. The standard InChI is InChI=1S/C25H34N4O3/c1-19-5-3-4-6-23(19)21-17-24(27-25(18-21)32-14-9-26-20(2)30)29-10-7-22(8-11-29)28-12-15-31-16-13-28/h3-6,17-18,22H,7-16H2,1-2H3,(H,26,30). The summed E-state index contributed by atoms with van der Waals surface area (Å²) >= 11 is 0. The highest BCUT2D eigenvalue weighted by Crippen LogP contribution is 2.31. The number of anilines is 1. The maximum Gasteiger partial charge on any atom is 0.216 e. The van der Waals surface area contributed by atoms with E-state index in [1.54, 1.807) is 0 Å². The second-order valence-electron chi connectivity index (χ2n) is 8.57. The van der Waals surface area contributed by atoms with Crippen molar-refractivity contribution in [1.82, 2.24) is 15.2 Å². The van der Waals surface area contributed by atoms with Crippen LogP contribution in [0.4, 0.5) is 5.82 Å². The Morgan fingerprint density at radius 1 is 1.16 bits per heavy atom. The van der Waals surface area contributed by atoms with Crippen LogP contribution in [0.2, 0.25) is 0 Å². The van der Waals surface area contributed by atoms with Gasteiger partial charge in [0.2, 0.25) is 11.8 Å². The zero-order valence-corrected chi connectivity index (χ0v) is 19.2. The van der Waals surface area contributed by atoms with Gasteiger partial charge < -0.3 is 19.7 Å². The van der Waals surface area contributed by atoms with E-state index < -0.39 is 0 Å². The molecule has 0 spiro atoms. The maximum absolute atomic E-state index is 11.1. The summed E-state index contributed by atoms with van der Waals surface area (Å²) in [6, 6.07) is 13.2. The molecule has 2 saturated heterocycles. The van der Waals surface area contributed by atoms with Crippen LogP contribution in [0.3, 0.4) is 0 Å². The topological polar surface area (TPSA) is 66.9 Å². The molecular weight excluding hydrogens is 404 g/mol. The van der Waals surface area contributed by atoms with E-state index in [-0.39, 0.29) is 5.91 Å². The van der Waals surface area contributed by atoms with Crippen molar-refractivity contribution in [2.24, 2.45) is 0 Å². The summed E-state index contributed by atoms with van der Waals surface area (Å²) in [5.74, 6) is 1.50. The molecule has 1 aromatic carbocycles. The highest BCUT2D eigenvalue weighted by molar-refractivity contribution is 5.73. The average Bonchev–Trinajstić information content (AvgIpc) is 2.82. The van der Waals surface area contributed by atoms with Gasteiger partial charge >= 0.3 is 0 Å². The Balaban J connectivity index is 1.50. The molecule has 2 fully saturated rings. The molecular formula is C25H34N4O3. The van der Waals surface area contributed by atoms with E-state index in [2.05, 4.69) is 52.4 Å². The van der Waals surface area contributed by atoms with Gasteiger partial charge in [0.15, 0.2) is 0 Å². The van der Waals surface area contributed by atoms with Crippen LogP contribution in [-0.4, -0.2) is 74.4 Å². The number of hydrogen-bond acceptors (Lipinski definition) is 6. The largest absolute Gasteiger partial charge is 0.476 e. The summed E-state index contributed by atoms with van der Waals surface area (Å²) in [5, 5.41) is 2.77. The van der Waals surface area contributed by atoms with Crippen molar-refractivity contribution in [2.45, 2.75) is 32.7 Å². The number of rotatable bonds is 7. The van der Waals surface area contributed by atoms with E-state index in [0.29, 0.717) is 25.1 Å². The number of aryl methyl sites for hydroxylation is 1. The third-order valence-electron chi connectivity index (χ3n) is 6.32. The van der Waals surface area contributed by atoms with E-state index in [1.165, 1.54) is 18.1 Å². The highest BCUT2D eigenvalue weighted by Gasteiger charge is 2.26. The molecule has 0 unspecified atom stereocenters. The third-order valence-corrected chi connectivity index (χ3v) is 6.32. The molecule has 32 heavy (non-hydrogen) atoms. The lowest BCUT2D eigenvalue weighted by Crippen LogP contribution is -2.49. The fourth-order valence-corrected chi connectivity index (χ4v) is 4.56. The van der Waals surface area contributed by atoms with Crippen molar-refractivity contribution in [2.75, 3.05) is 57.4 Å². The Morgan fingerprint density at radius 2 is 1.91 bits per heavy atom. The Morgan fingerprint density at radius 3 is 2.62 bits per heavy atom. The molecule has 2 aliphatic heterocycles. The minimum atomic E-state index is -0.0564. The summed E-state index contributed by atoms with van der Waals surface area (Å²) < 4.78 is 11.4. The van der Waals surface area contributed by atoms with E-state index in [0.717, 1.165) is 63.6 Å². The molecule has 7 heteroatoms. The average molecular weight is 439 g/mol.